The molecule has 8 nitrogen and oxygen atoms in total. The Hall–Kier alpha value is -3.03. The molecule has 0 bridgehead atoms. The standard InChI is InChI=1S/C12H10N6O2/c1-13-11-10(18(19)20)9(8-5-3-2-4-6-8)16-12-14-7-15-17(11)12/h2-7,13H,1H3. The molecule has 2 aromatic heterocycles. The van der Waals surface area contributed by atoms with Crippen LogP contribution in [0.2, 0.25) is 0 Å². The zero-order valence-corrected chi connectivity index (χ0v) is 10.5. The van der Waals surface area contributed by atoms with Gasteiger partial charge < -0.3 is 5.32 Å². The molecule has 0 saturated heterocycles. The van der Waals surface area contributed by atoms with Crippen LogP contribution in [0.15, 0.2) is 36.7 Å². The number of anilines is 1. The van der Waals surface area contributed by atoms with E-state index in [2.05, 4.69) is 20.4 Å². The molecule has 0 saturated carbocycles. The average molecular weight is 270 g/mol. The molecule has 2 heterocycles. The molecule has 0 fully saturated rings. The molecule has 0 atom stereocenters. The Kier molecular flexibility index (Phi) is 2.75. The predicted octanol–water partition coefficient (Wildman–Crippen LogP) is 1.74. The first-order valence-corrected chi connectivity index (χ1v) is 5.83. The highest BCUT2D eigenvalue weighted by Gasteiger charge is 2.26. The van der Waals surface area contributed by atoms with Crippen molar-refractivity contribution < 1.29 is 4.92 Å². The molecule has 3 rings (SSSR count). The van der Waals surface area contributed by atoms with E-state index in [1.165, 1.54) is 10.8 Å². The van der Waals surface area contributed by atoms with Gasteiger partial charge in [-0.1, -0.05) is 30.3 Å². The lowest BCUT2D eigenvalue weighted by Crippen LogP contribution is -2.08. The molecule has 1 N–H and O–H groups in total. The van der Waals surface area contributed by atoms with Gasteiger partial charge in [0, 0.05) is 12.6 Å². The van der Waals surface area contributed by atoms with E-state index in [4.69, 9.17) is 0 Å². The second-order valence-corrected chi connectivity index (χ2v) is 4.00. The van der Waals surface area contributed by atoms with Crippen molar-refractivity contribution in [2.75, 3.05) is 12.4 Å². The number of aromatic nitrogens is 4. The molecule has 0 unspecified atom stereocenters. The molecule has 0 aliphatic carbocycles. The fourth-order valence-corrected chi connectivity index (χ4v) is 2.03. The van der Waals surface area contributed by atoms with Gasteiger partial charge in [0.25, 0.3) is 5.78 Å². The maximum atomic E-state index is 11.4. The van der Waals surface area contributed by atoms with E-state index in [9.17, 15) is 10.1 Å². The second kappa shape index (κ2) is 4.57. The molecular formula is C12H10N6O2. The Labute approximate surface area is 113 Å². The number of rotatable bonds is 3. The smallest absolute Gasteiger partial charge is 0.337 e. The fourth-order valence-electron chi connectivity index (χ4n) is 2.03. The first-order chi connectivity index (χ1) is 9.72. The monoisotopic (exact) mass is 270 g/mol. The van der Waals surface area contributed by atoms with Crippen LogP contribution in [0.5, 0.6) is 0 Å². The molecule has 0 spiro atoms. The number of nitrogens with one attached hydrogen (secondary N) is 1. The predicted molar refractivity (Wildman–Crippen MR) is 72.4 cm³/mol. The fraction of sp³-hybridized carbons (Fsp3) is 0.0833. The normalized spacial score (nSPS) is 10.7. The summed E-state index contributed by atoms with van der Waals surface area (Å²) in [5, 5.41) is 18.1. The quantitative estimate of drug-likeness (QED) is 0.575. The van der Waals surface area contributed by atoms with Crippen molar-refractivity contribution in [2.45, 2.75) is 0 Å². The van der Waals surface area contributed by atoms with Crippen LogP contribution in [-0.4, -0.2) is 31.6 Å². The van der Waals surface area contributed by atoms with Crippen LogP contribution >= 0.6 is 0 Å². The lowest BCUT2D eigenvalue weighted by molar-refractivity contribution is -0.383. The molecule has 0 amide bonds. The number of benzene rings is 1. The summed E-state index contributed by atoms with van der Waals surface area (Å²) in [6, 6.07) is 8.97. The number of fused-ring (bicyclic) bond motifs is 1. The Bertz CT molecular complexity index is 783. The van der Waals surface area contributed by atoms with Gasteiger partial charge in [-0.15, -0.1) is 0 Å². The molecular weight excluding hydrogens is 260 g/mol. The van der Waals surface area contributed by atoms with Crippen LogP contribution in [0.4, 0.5) is 11.5 Å². The van der Waals surface area contributed by atoms with Gasteiger partial charge in [-0.25, -0.2) is 4.98 Å². The number of hydrogen-bond donors (Lipinski definition) is 1. The lowest BCUT2D eigenvalue weighted by atomic mass is 10.1. The number of nitro groups is 1. The van der Waals surface area contributed by atoms with Crippen molar-refractivity contribution in [1.82, 2.24) is 19.6 Å². The van der Waals surface area contributed by atoms with Crippen LogP contribution in [-0.2, 0) is 0 Å². The highest BCUT2D eigenvalue weighted by molar-refractivity contribution is 5.78. The summed E-state index contributed by atoms with van der Waals surface area (Å²) >= 11 is 0. The van der Waals surface area contributed by atoms with Crippen LogP contribution in [0.1, 0.15) is 0 Å². The molecule has 0 aliphatic heterocycles. The van der Waals surface area contributed by atoms with Gasteiger partial charge in [0.15, 0.2) is 5.69 Å². The third-order valence-corrected chi connectivity index (χ3v) is 2.87. The first-order valence-electron chi connectivity index (χ1n) is 5.83. The van der Waals surface area contributed by atoms with E-state index >= 15 is 0 Å². The summed E-state index contributed by atoms with van der Waals surface area (Å²) in [6.45, 7) is 0. The minimum absolute atomic E-state index is 0.128. The lowest BCUT2D eigenvalue weighted by Gasteiger charge is -2.08. The third-order valence-electron chi connectivity index (χ3n) is 2.87. The van der Waals surface area contributed by atoms with E-state index in [0.717, 1.165) is 0 Å². The SMILES string of the molecule is CNc1c([N+](=O)[O-])c(-c2ccccc2)nc2ncnn12. The summed E-state index contributed by atoms with van der Waals surface area (Å²) in [5.74, 6) is 0.551. The van der Waals surface area contributed by atoms with Crippen molar-refractivity contribution in [1.29, 1.82) is 0 Å². The van der Waals surface area contributed by atoms with Gasteiger partial charge >= 0.3 is 5.69 Å². The van der Waals surface area contributed by atoms with Gasteiger partial charge in [-0.05, 0) is 0 Å². The summed E-state index contributed by atoms with van der Waals surface area (Å²) in [6.07, 6.45) is 1.31. The molecule has 100 valence electrons. The highest BCUT2D eigenvalue weighted by atomic mass is 16.6. The van der Waals surface area contributed by atoms with Gasteiger partial charge in [0.1, 0.15) is 6.33 Å². The summed E-state index contributed by atoms with van der Waals surface area (Å²) in [7, 11) is 1.60. The Morgan fingerprint density at radius 1 is 1.30 bits per heavy atom. The van der Waals surface area contributed by atoms with Crippen molar-refractivity contribution in [3.05, 3.63) is 46.8 Å². The van der Waals surface area contributed by atoms with Crippen molar-refractivity contribution >= 4 is 17.3 Å². The maximum Gasteiger partial charge on any atom is 0.337 e. The van der Waals surface area contributed by atoms with E-state index in [1.807, 2.05) is 6.07 Å². The van der Waals surface area contributed by atoms with Gasteiger partial charge in [-0.2, -0.15) is 14.6 Å². The zero-order valence-electron chi connectivity index (χ0n) is 10.5. The first kappa shape index (κ1) is 12.0. The minimum atomic E-state index is -0.470. The van der Waals surface area contributed by atoms with Gasteiger partial charge in [0.2, 0.25) is 5.82 Å². The minimum Gasteiger partial charge on any atom is -0.367 e. The maximum absolute atomic E-state index is 11.4. The molecule has 0 aliphatic rings. The van der Waals surface area contributed by atoms with Crippen molar-refractivity contribution in [2.24, 2.45) is 0 Å². The van der Waals surface area contributed by atoms with Gasteiger partial charge in [-0.3, -0.25) is 10.1 Å². The van der Waals surface area contributed by atoms with Crippen LogP contribution in [0, 0.1) is 10.1 Å². The molecule has 1 aromatic carbocycles. The van der Waals surface area contributed by atoms with Crippen molar-refractivity contribution in [3.8, 4) is 11.3 Å². The zero-order chi connectivity index (χ0) is 14.1. The summed E-state index contributed by atoms with van der Waals surface area (Å²) < 4.78 is 1.31. The summed E-state index contributed by atoms with van der Waals surface area (Å²) in [5.41, 5.74) is 0.790. The van der Waals surface area contributed by atoms with E-state index in [-0.39, 0.29) is 17.2 Å². The second-order valence-electron chi connectivity index (χ2n) is 4.00. The average Bonchev–Trinajstić information content (AvgIpc) is 2.94. The van der Waals surface area contributed by atoms with E-state index in [0.29, 0.717) is 11.3 Å². The topological polar surface area (TPSA) is 98.2 Å². The van der Waals surface area contributed by atoms with Crippen molar-refractivity contribution in [3.63, 3.8) is 0 Å². The molecule has 0 radical (unpaired) electrons. The Balaban J connectivity index is 2.41. The molecule has 8 heteroatoms. The van der Waals surface area contributed by atoms with E-state index < -0.39 is 4.92 Å². The van der Waals surface area contributed by atoms with E-state index in [1.54, 1.807) is 31.3 Å². The number of hydrogen-bond acceptors (Lipinski definition) is 6. The Morgan fingerprint density at radius 2 is 2.05 bits per heavy atom. The summed E-state index contributed by atoms with van der Waals surface area (Å²) in [4.78, 5) is 19.2. The van der Waals surface area contributed by atoms with Crippen LogP contribution in [0.3, 0.4) is 0 Å². The molecule has 20 heavy (non-hydrogen) atoms. The largest absolute Gasteiger partial charge is 0.367 e. The van der Waals surface area contributed by atoms with Gasteiger partial charge in [0.05, 0.1) is 4.92 Å². The molecule has 3 aromatic rings. The highest BCUT2D eigenvalue weighted by Crippen LogP contribution is 2.34. The van der Waals surface area contributed by atoms with Crippen LogP contribution < -0.4 is 5.32 Å². The van der Waals surface area contributed by atoms with Crippen LogP contribution in [0.25, 0.3) is 17.0 Å². The number of nitrogens with zero attached hydrogens (tertiary/aromatic N) is 5. The third kappa shape index (κ3) is 1.74. The Morgan fingerprint density at radius 3 is 2.70 bits per heavy atom.